The molecule has 3 aromatic carbocycles. The van der Waals surface area contributed by atoms with Gasteiger partial charge in [-0.1, -0.05) is 12.1 Å². The van der Waals surface area contributed by atoms with Crippen LogP contribution in [0.5, 0.6) is 0 Å². The number of benzene rings is 3. The van der Waals surface area contributed by atoms with Crippen molar-refractivity contribution in [1.82, 2.24) is 9.97 Å². The van der Waals surface area contributed by atoms with E-state index in [0.29, 0.717) is 39.7 Å². The van der Waals surface area contributed by atoms with E-state index >= 15 is 0 Å². The minimum absolute atomic E-state index is 0.0597. The minimum Gasteiger partial charge on any atom is -0.384 e. The molecule has 44 heavy (non-hydrogen) atoms. The molecule has 4 N–H and O–H groups in total. The molecule has 0 amide bonds. The predicted octanol–water partition coefficient (Wildman–Crippen LogP) is 6.66. The molecule has 5 aromatic rings. The Balaban J connectivity index is 0.000000238. The van der Waals surface area contributed by atoms with Crippen LogP contribution < -0.4 is 11.5 Å². The Morgan fingerprint density at radius 2 is 0.864 bits per heavy atom. The number of aromatic nitrogens is 2. The molecule has 0 spiro atoms. The number of pyridine rings is 2. The maximum Gasteiger partial charge on any atom is 0.252 e. The molecule has 0 bridgehead atoms. The van der Waals surface area contributed by atoms with Crippen molar-refractivity contribution in [2.75, 3.05) is 11.5 Å². The summed E-state index contributed by atoms with van der Waals surface area (Å²) in [6, 6.07) is 26.0. The summed E-state index contributed by atoms with van der Waals surface area (Å²) < 4.78 is 38.1. The van der Waals surface area contributed by atoms with E-state index in [1.54, 1.807) is 36.4 Å². The van der Waals surface area contributed by atoms with Crippen LogP contribution in [-0.4, -0.2) is 26.8 Å². The summed E-state index contributed by atoms with van der Waals surface area (Å²) in [4.78, 5) is 43.0. The number of Topliss-reactive ketones (excluding diaryl/α,β-unsaturated/α-hetero) is 2. The molecule has 2 aromatic heterocycles. The standard InChI is InChI=1S/C21H15F2NO2.C7H4ClFO.C5H7N3/c22-16-8-4-14(5-9-16)20(25)12-18-2-1-3-19(24-18)13-21(26)15-6-10-17(23)11-7-15;8-7(10)5-1-3-6(9)4-2-5;6-4-2-1-3-5(7)8-4/h1-11H,12-13H2;1-4H;1-3H,(H4,6,7,8). The Hall–Kier alpha value is -5.35. The fourth-order valence-electron chi connectivity index (χ4n) is 3.58. The van der Waals surface area contributed by atoms with Crippen molar-refractivity contribution < 1.29 is 27.6 Å². The molecule has 5 rings (SSSR count). The number of hydrogen-bond donors (Lipinski definition) is 2. The van der Waals surface area contributed by atoms with Crippen LogP contribution in [0.1, 0.15) is 42.5 Å². The van der Waals surface area contributed by atoms with Crippen LogP contribution in [0.25, 0.3) is 0 Å². The molecule has 0 saturated carbocycles. The highest BCUT2D eigenvalue weighted by atomic mass is 35.5. The lowest BCUT2D eigenvalue weighted by molar-refractivity contribution is 0.0986. The van der Waals surface area contributed by atoms with Crippen LogP contribution in [0, 0.1) is 17.5 Å². The lowest BCUT2D eigenvalue weighted by Crippen LogP contribution is -2.09. The second kappa shape index (κ2) is 16.3. The van der Waals surface area contributed by atoms with Gasteiger partial charge >= 0.3 is 0 Å². The van der Waals surface area contributed by atoms with E-state index in [9.17, 15) is 27.6 Å². The van der Waals surface area contributed by atoms with E-state index in [1.165, 1.54) is 72.8 Å². The van der Waals surface area contributed by atoms with Crippen LogP contribution in [0.4, 0.5) is 24.8 Å². The van der Waals surface area contributed by atoms with Gasteiger partial charge in [-0.05, 0) is 109 Å². The van der Waals surface area contributed by atoms with E-state index < -0.39 is 16.9 Å². The number of carbonyl (C=O) groups is 3. The molecule has 0 aliphatic rings. The van der Waals surface area contributed by atoms with E-state index in [-0.39, 0.29) is 30.2 Å². The molecule has 0 unspecified atom stereocenters. The number of nitrogens with zero attached hydrogens (tertiary/aromatic N) is 2. The SMILES string of the molecule is Nc1cccc(N)n1.O=C(Cc1cccc(CC(=O)c2ccc(F)cc2)n1)c1ccc(F)cc1.O=C(Cl)c1ccc(F)cc1. The lowest BCUT2D eigenvalue weighted by atomic mass is 10.0. The first kappa shape index (κ1) is 33.2. The van der Waals surface area contributed by atoms with E-state index in [4.69, 9.17) is 23.1 Å². The van der Waals surface area contributed by atoms with E-state index in [0.717, 1.165) is 0 Å². The number of ketones is 2. The highest BCUT2D eigenvalue weighted by Gasteiger charge is 2.12. The van der Waals surface area contributed by atoms with Crippen molar-refractivity contribution in [2.45, 2.75) is 12.8 Å². The highest BCUT2D eigenvalue weighted by molar-refractivity contribution is 6.67. The third-order valence-corrected chi connectivity index (χ3v) is 5.96. The fourth-order valence-corrected chi connectivity index (χ4v) is 3.71. The zero-order valence-electron chi connectivity index (χ0n) is 23.1. The van der Waals surface area contributed by atoms with Gasteiger partial charge in [-0.2, -0.15) is 0 Å². The summed E-state index contributed by atoms with van der Waals surface area (Å²) in [5, 5.41) is -0.569. The Kier molecular flexibility index (Phi) is 12.3. The first-order valence-electron chi connectivity index (χ1n) is 13.0. The van der Waals surface area contributed by atoms with Gasteiger partial charge in [0.15, 0.2) is 11.6 Å². The van der Waals surface area contributed by atoms with Gasteiger partial charge in [0.25, 0.3) is 5.24 Å². The molecule has 0 atom stereocenters. The van der Waals surface area contributed by atoms with Gasteiger partial charge < -0.3 is 11.5 Å². The van der Waals surface area contributed by atoms with Crippen molar-refractivity contribution in [3.05, 3.63) is 155 Å². The van der Waals surface area contributed by atoms with Crippen LogP contribution in [0.2, 0.25) is 0 Å². The third-order valence-electron chi connectivity index (χ3n) is 5.74. The smallest absolute Gasteiger partial charge is 0.252 e. The van der Waals surface area contributed by atoms with Crippen molar-refractivity contribution in [2.24, 2.45) is 0 Å². The Bertz CT molecular complexity index is 1620. The number of hydrogen-bond acceptors (Lipinski definition) is 7. The van der Waals surface area contributed by atoms with Gasteiger partial charge in [-0.15, -0.1) is 0 Å². The lowest BCUT2D eigenvalue weighted by Gasteiger charge is -2.05. The first-order valence-corrected chi connectivity index (χ1v) is 13.3. The monoisotopic (exact) mass is 618 g/mol. The molecule has 0 saturated heterocycles. The number of carbonyl (C=O) groups excluding carboxylic acids is 3. The van der Waals surface area contributed by atoms with Crippen LogP contribution in [-0.2, 0) is 12.8 Å². The molecule has 11 heteroatoms. The zero-order chi connectivity index (χ0) is 32.1. The predicted molar refractivity (Wildman–Crippen MR) is 163 cm³/mol. The third kappa shape index (κ3) is 11.1. The zero-order valence-corrected chi connectivity index (χ0v) is 23.8. The Morgan fingerprint density at radius 3 is 1.18 bits per heavy atom. The molecular weight excluding hydrogens is 593 g/mol. The highest BCUT2D eigenvalue weighted by Crippen LogP contribution is 2.11. The summed E-state index contributed by atoms with van der Waals surface area (Å²) in [5.74, 6) is -0.613. The summed E-state index contributed by atoms with van der Waals surface area (Å²) in [5.41, 5.74) is 12.7. The fraction of sp³-hybridized carbons (Fsp3) is 0.0606. The second-order valence-corrected chi connectivity index (χ2v) is 9.45. The van der Waals surface area contributed by atoms with Crippen LogP contribution >= 0.6 is 11.6 Å². The van der Waals surface area contributed by atoms with Crippen molar-refractivity contribution in [3.63, 3.8) is 0 Å². The van der Waals surface area contributed by atoms with Gasteiger partial charge in [-0.3, -0.25) is 19.4 Å². The molecule has 0 aliphatic carbocycles. The van der Waals surface area contributed by atoms with Crippen molar-refractivity contribution in [3.8, 4) is 0 Å². The molecule has 7 nitrogen and oxygen atoms in total. The minimum atomic E-state index is -0.569. The Labute approximate surface area is 256 Å². The van der Waals surface area contributed by atoms with Gasteiger partial charge in [-0.25, -0.2) is 18.2 Å². The maximum atomic E-state index is 12.9. The average Bonchev–Trinajstić information content (AvgIpc) is 2.99. The van der Waals surface area contributed by atoms with Crippen LogP contribution in [0.3, 0.4) is 0 Å². The molecule has 0 radical (unpaired) electrons. The normalized spacial score (nSPS) is 10.0. The molecule has 0 fully saturated rings. The average molecular weight is 619 g/mol. The maximum absolute atomic E-state index is 12.9. The van der Waals surface area contributed by atoms with Gasteiger partial charge in [0.05, 0.1) is 12.8 Å². The summed E-state index contributed by atoms with van der Waals surface area (Å²) >= 11 is 5.09. The topological polar surface area (TPSA) is 129 Å². The summed E-state index contributed by atoms with van der Waals surface area (Å²) in [6.07, 6.45) is 0.119. The number of rotatable bonds is 7. The largest absolute Gasteiger partial charge is 0.384 e. The molecular formula is C33H26ClF3N4O3. The van der Waals surface area contributed by atoms with Crippen molar-refractivity contribution >= 4 is 40.0 Å². The van der Waals surface area contributed by atoms with Crippen LogP contribution in [0.15, 0.2) is 109 Å². The quantitative estimate of drug-likeness (QED) is 0.154. The van der Waals surface area contributed by atoms with Gasteiger partial charge in [0.2, 0.25) is 0 Å². The number of nitrogen functional groups attached to an aromatic ring is 2. The number of anilines is 2. The molecule has 2 heterocycles. The molecule has 224 valence electrons. The number of halogens is 4. The van der Waals surface area contributed by atoms with E-state index in [1.807, 2.05) is 0 Å². The summed E-state index contributed by atoms with van der Waals surface area (Å²) in [6.45, 7) is 0. The molecule has 0 aliphatic heterocycles. The number of nitrogens with two attached hydrogens (primary N) is 2. The second-order valence-electron chi connectivity index (χ2n) is 9.10. The van der Waals surface area contributed by atoms with Gasteiger partial charge in [0, 0.05) is 28.1 Å². The summed E-state index contributed by atoms with van der Waals surface area (Å²) in [7, 11) is 0. The Morgan fingerprint density at radius 1 is 0.523 bits per heavy atom. The first-order chi connectivity index (χ1) is 21.0. The van der Waals surface area contributed by atoms with E-state index in [2.05, 4.69) is 9.97 Å². The van der Waals surface area contributed by atoms with Gasteiger partial charge in [0.1, 0.15) is 29.1 Å². The van der Waals surface area contributed by atoms with Crippen molar-refractivity contribution in [1.29, 1.82) is 0 Å².